The van der Waals surface area contributed by atoms with Crippen molar-refractivity contribution < 1.29 is 19.1 Å². The highest BCUT2D eigenvalue weighted by Crippen LogP contribution is 2.23. The van der Waals surface area contributed by atoms with E-state index in [-0.39, 0.29) is 12.2 Å². The molecule has 3 rings (SSSR count). The average Bonchev–Trinajstić information content (AvgIpc) is 2.76. The zero-order valence-corrected chi connectivity index (χ0v) is 21.6. The van der Waals surface area contributed by atoms with Crippen LogP contribution in [0.3, 0.4) is 0 Å². The van der Waals surface area contributed by atoms with E-state index in [1.165, 1.54) is 0 Å². The largest absolute Gasteiger partial charge is 0.444 e. The number of hydrogen-bond acceptors (Lipinski definition) is 9. The molecule has 1 aromatic heterocycles. The normalized spacial score (nSPS) is 17.5. The Balaban J connectivity index is 1.63. The summed E-state index contributed by atoms with van der Waals surface area (Å²) in [6.07, 6.45) is -0.574. The summed E-state index contributed by atoms with van der Waals surface area (Å²) in [4.78, 5) is 41.9. The van der Waals surface area contributed by atoms with Crippen LogP contribution in [-0.2, 0) is 9.47 Å². The quantitative estimate of drug-likeness (QED) is 0.703. The lowest BCUT2D eigenvalue weighted by Crippen LogP contribution is -2.51. The molecule has 1 N–H and O–H groups in total. The van der Waals surface area contributed by atoms with Gasteiger partial charge in [0.05, 0.1) is 0 Å². The van der Waals surface area contributed by atoms with Crippen molar-refractivity contribution in [3.05, 3.63) is 6.07 Å². The Morgan fingerprint density at radius 1 is 0.765 bits per heavy atom. The van der Waals surface area contributed by atoms with Crippen molar-refractivity contribution in [3.8, 4) is 0 Å². The number of amides is 2. The van der Waals surface area contributed by atoms with Gasteiger partial charge in [-0.15, -0.1) is 0 Å². The second kappa shape index (κ2) is 10.1. The highest BCUT2D eigenvalue weighted by atomic mass is 16.6. The molecule has 2 amide bonds. The zero-order valence-electron chi connectivity index (χ0n) is 21.6. The van der Waals surface area contributed by atoms with E-state index in [1.54, 1.807) is 9.80 Å². The minimum Gasteiger partial charge on any atom is -0.444 e. The summed E-state index contributed by atoms with van der Waals surface area (Å²) in [6.45, 7) is 16.0. The SMILES string of the molecule is CNc1cc(N2CCN(C(=O)OC(C)(C)C)CC2)nc(N2CCN(C(=O)OC(C)(C)C)CC2)n1. The first-order valence-corrected chi connectivity index (χ1v) is 11.9. The molecule has 190 valence electrons. The Morgan fingerprint density at radius 2 is 1.21 bits per heavy atom. The first-order chi connectivity index (χ1) is 15.8. The lowest BCUT2D eigenvalue weighted by Gasteiger charge is -2.37. The van der Waals surface area contributed by atoms with Crippen LogP contribution >= 0.6 is 0 Å². The van der Waals surface area contributed by atoms with E-state index in [0.717, 1.165) is 11.6 Å². The van der Waals surface area contributed by atoms with Crippen molar-refractivity contribution in [2.24, 2.45) is 0 Å². The third kappa shape index (κ3) is 7.01. The van der Waals surface area contributed by atoms with E-state index in [1.807, 2.05) is 54.7 Å². The van der Waals surface area contributed by atoms with Crippen molar-refractivity contribution in [2.75, 3.05) is 74.5 Å². The third-order valence-electron chi connectivity index (χ3n) is 5.43. The summed E-state index contributed by atoms with van der Waals surface area (Å²) >= 11 is 0. The molecular weight excluding hydrogens is 438 g/mol. The molecule has 0 saturated carbocycles. The number of aromatic nitrogens is 2. The molecule has 0 radical (unpaired) electrons. The monoisotopic (exact) mass is 477 g/mol. The lowest BCUT2D eigenvalue weighted by molar-refractivity contribution is 0.0230. The maximum absolute atomic E-state index is 12.4. The van der Waals surface area contributed by atoms with Crippen LogP contribution in [0, 0.1) is 0 Å². The fourth-order valence-corrected chi connectivity index (χ4v) is 3.71. The average molecular weight is 478 g/mol. The molecule has 0 spiro atoms. The molecule has 1 aromatic rings. The second-order valence-electron chi connectivity index (χ2n) is 10.6. The van der Waals surface area contributed by atoms with E-state index >= 15 is 0 Å². The predicted molar refractivity (Wildman–Crippen MR) is 132 cm³/mol. The van der Waals surface area contributed by atoms with Gasteiger partial charge in [0, 0.05) is 65.5 Å². The van der Waals surface area contributed by atoms with Crippen molar-refractivity contribution >= 4 is 29.8 Å². The Morgan fingerprint density at radius 3 is 1.62 bits per heavy atom. The van der Waals surface area contributed by atoms with Gasteiger partial charge in [0.15, 0.2) is 0 Å². The predicted octanol–water partition coefficient (Wildman–Crippen LogP) is 2.63. The van der Waals surface area contributed by atoms with Gasteiger partial charge < -0.3 is 34.4 Å². The molecular formula is C23H39N7O4. The summed E-state index contributed by atoms with van der Waals surface area (Å²) in [5.41, 5.74) is -1.02. The van der Waals surface area contributed by atoms with Crippen LogP contribution in [0.15, 0.2) is 6.07 Å². The van der Waals surface area contributed by atoms with E-state index in [2.05, 4.69) is 20.1 Å². The topological polar surface area (TPSA) is 103 Å². The first kappa shape index (κ1) is 25.6. The van der Waals surface area contributed by atoms with Gasteiger partial charge in [-0.05, 0) is 41.5 Å². The molecule has 2 fully saturated rings. The van der Waals surface area contributed by atoms with E-state index < -0.39 is 11.2 Å². The minimum atomic E-state index is -0.513. The number of anilines is 3. The van der Waals surface area contributed by atoms with Gasteiger partial charge in [-0.2, -0.15) is 9.97 Å². The van der Waals surface area contributed by atoms with Crippen molar-refractivity contribution in [2.45, 2.75) is 52.7 Å². The summed E-state index contributed by atoms with van der Waals surface area (Å²) in [5.74, 6) is 2.16. The Labute approximate surface area is 202 Å². The van der Waals surface area contributed by atoms with Gasteiger partial charge in [0.25, 0.3) is 0 Å². The summed E-state index contributed by atoms with van der Waals surface area (Å²) in [5, 5.41) is 3.12. The van der Waals surface area contributed by atoms with Crippen molar-refractivity contribution in [3.63, 3.8) is 0 Å². The number of nitrogens with zero attached hydrogens (tertiary/aromatic N) is 6. The highest BCUT2D eigenvalue weighted by Gasteiger charge is 2.29. The summed E-state index contributed by atoms with van der Waals surface area (Å²) < 4.78 is 11.0. The van der Waals surface area contributed by atoms with Gasteiger partial charge >= 0.3 is 12.2 Å². The number of nitrogens with one attached hydrogen (secondary N) is 1. The molecule has 2 saturated heterocycles. The van der Waals surface area contributed by atoms with E-state index in [9.17, 15) is 9.59 Å². The zero-order chi connectivity index (χ0) is 25.1. The molecule has 0 bridgehead atoms. The van der Waals surface area contributed by atoms with Gasteiger partial charge in [-0.1, -0.05) is 0 Å². The molecule has 2 aliphatic rings. The van der Waals surface area contributed by atoms with Crippen LogP contribution in [0.25, 0.3) is 0 Å². The molecule has 11 nitrogen and oxygen atoms in total. The highest BCUT2D eigenvalue weighted by molar-refractivity contribution is 5.69. The summed E-state index contributed by atoms with van der Waals surface area (Å²) in [6, 6.07) is 1.92. The number of ether oxygens (including phenoxy) is 2. The number of rotatable bonds is 3. The van der Waals surface area contributed by atoms with Gasteiger partial charge in [-0.25, -0.2) is 9.59 Å². The van der Waals surface area contributed by atoms with Crippen molar-refractivity contribution in [1.82, 2.24) is 19.8 Å². The van der Waals surface area contributed by atoms with Gasteiger partial charge in [0.2, 0.25) is 5.95 Å². The molecule has 11 heteroatoms. The molecule has 34 heavy (non-hydrogen) atoms. The van der Waals surface area contributed by atoms with Crippen molar-refractivity contribution in [1.29, 1.82) is 0 Å². The van der Waals surface area contributed by atoms with Gasteiger partial charge in [0.1, 0.15) is 22.8 Å². The second-order valence-corrected chi connectivity index (χ2v) is 10.6. The molecule has 3 heterocycles. The maximum atomic E-state index is 12.4. The first-order valence-electron chi connectivity index (χ1n) is 11.9. The standard InChI is InChI=1S/C23H39N7O4/c1-22(2,3)33-20(31)29-12-8-27(9-13-29)18-16-17(24-7)25-19(26-18)28-10-14-30(15-11-28)21(32)34-23(4,5)6/h16H,8-15H2,1-7H3,(H,24,25,26). The smallest absolute Gasteiger partial charge is 0.410 e. The summed E-state index contributed by atoms with van der Waals surface area (Å²) in [7, 11) is 1.83. The molecule has 2 aliphatic heterocycles. The maximum Gasteiger partial charge on any atom is 0.410 e. The van der Waals surface area contributed by atoms with Crippen LogP contribution in [0.5, 0.6) is 0 Å². The molecule has 0 unspecified atom stereocenters. The number of carbonyl (C=O) groups is 2. The lowest BCUT2D eigenvalue weighted by atomic mass is 10.2. The van der Waals surface area contributed by atoms with Crippen LogP contribution in [0.1, 0.15) is 41.5 Å². The minimum absolute atomic E-state index is 0.283. The van der Waals surface area contributed by atoms with Gasteiger partial charge in [-0.3, -0.25) is 0 Å². The Bertz CT molecular complexity index is 799. The Hall–Kier alpha value is -2.98. The van der Waals surface area contributed by atoms with Crippen LogP contribution < -0.4 is 15.1 Å². The number of carbonyl (C=O) groups excluding carboxylic acids is 2. The van der Waals surface area contributed by atoms with Crippen LogP contribution in [0.2, 0.25) is 0 Å². The number of hydrogen-bond donors (Lipinski definition) is 1. The molecule has 0 aromatic carbocycles. The Kier molecular flexibility index (Phi) is 7.62. The fourth-order valence-electron chi connectivity index (χ4n) is 3.71. The number of piperazine rings is 2. The third-order valence-corrected chi connectivity index (χ3v) is 5.43. The van der Waals surface area contributed by atoms with Crippen LogP contribution in [0.4, 0.5) is 27.2 Å². The van der Waals surface area contributed by atoms with E-state index in [4.69, 9.17) is 14.5 Å². The molecule has 0 aliphatic carbocycles. The fraction of sp³-hybridized carbons (Fsp3) is 0.739. The molecule has 0 atom stereocenters. The van der Waals surface area contributed by atoms with E-state index in [0.29, 0.717) is 58.3 Å². The van der Waals surface area contributed by atoms with Crippen LogP contribution in [-0.4, -0.2) is 103 Å².